The summed E-state index contributed by atoms with van der Waals surface area (Å²) < 4.78 is 44.5. The van der Waals surface area contributed by atoms with Gasteiger partial charge in [-0.05, 0) is 37.9 Å². The molecular weight excluding hydrogens is 321 g/mol. The van der Waals surface area contributed by atoms with Crippen molar-refractivity contribution in [2.45, 2.75) is 50.9 Å². The number of carbonyl (C=O) groups excluding carboxylic acids is 1. The fourth-order valence-electron chi connectivity index (χ4n) is 2.71. The number of benzene rings is 1. The Hall–Kier alpha value is -1.76. The van der Waals surface area contributed by atoms with Crippen LogP contribution in [0.2, 0.25) is 0 Å². The lowest BCUT2D eigenvalue weighted by Gasteiger charge is -2.21. The number of para-hydroxylation sites is 1. The van der Waals surface area contributed by atoms with Crippen LogP contribution in [-0.4, -0.2) is 31.1 Å². The van der Waals surface area contributed by atoms with Crippen molar-refractivity contribution in [2.75, 3.05) is 13.1 Å². The molecule has 1 aliphatic heterocycles. The van der Waals surface area contributed by atoms with Crippen LogP contribution >= 0.6 is 0 Å². The van der Waals surface area contributed by atoms with Gasteiger partial charge in [0.1, 0.15) is 11.9 Å². The number of ether oxygens (including phenoxy) is 1. The fraction of sp³-hybridized carbons (Fsp3) is 0.588. The van der Waals surface area contributed by atoms with Crippen molar-refractivity contribution in [3.63, 3.8) is 0 Å². The summed E-state index contributed by atoms with van der Waals surface area (Å²) in [5, 5.41) is 5.99. The van der Waals surface area contributed by atoms with E-state index in [1.807, 2.05) is 6.92 Å². The van der Waals surface area contributed by atoms with Gasteiger partial charge in [-0.1, -0.05) is 19.1 Å². The Bertz CT molecular complexity index is 543. The third kappa shape index (κ3) is 5.40. The van der Waals surface area contributed by atoms with Crippen LogP contribution in [0.1, 0.15) is 38.2 Å². The average Bonchev–Trinajstić information content (AvgIpc) is 3.03. The SMILES string of the molecule is CCC(CNC(=O)CC1CCCN1)Oc1ccccc1C(F)(F)F. The van der Waals surface area contributed by atoms with Crippen LogP contribution < -0.4 is 15.4 Å². The van der Waals surface area contributed by atoms with Gasteiger partial charge in [0.2, 0.25) is 5.91 Å². The van der Waals surface area contributed by atoms with Crippen molar-refractivity contribution in [1.82, 2.24) is 10.6 Å². The number of amides is 1. The highest BCUT2D eigenvalue weighted by molar-refractivity contribution is 5.76. The first-order valence-corrected chi connectivity index (χ1v) is 8.23. The number of halogens is 3. The molecule has 1 aromatic carbocycles. The number of hydrogen-bond acceptors (Lipinski definition) is 3. The molecule has 0 bridgehead atoms. The van der Waals surface area contributed by atoms with E-state index in [1.165, 1.54) is 18.2 Å². The van der Waals surface area contributed by atoms with Crippen LogP contribution in [0.3, 0.4) is 0 Å². The van der Waals surface area contributed by atoms with Gasteiger partial charge in [-0.25, -0.2) is 0 Å². The zero-order valence-corrected chi connectivity index (χ0v) is 13.7. The molecule has 2 rings (SSSR count). The van der Waals surface area contributed by atoms with Gasteiger partial charge in [-0.2, -0.15) is 13.2 Å². The summed E-state index contributed by atoms with van der Waals surface area (Å²) >= 11 is 0. The first-order valence-electron chi connectivity index (χ1n) is 8.23. The second kappa shape index (κ2) is 8.37. The third-order valence-electron chi connectivity index (χ3n) is 4.06. The van der Waals surface area contributed by atoms with Gasteiger partial charge in [0, 0.05) is 12.5 Å². The number of rotatable bonds is 7. The molecule has 1 saturated heterocycles. The van der Waals surface area contributed by atoms with Crippen LogP contribution in [0.15, 0.2) is 24.3 Å². The molecule has 1 aliphatic rings. The summed E-state index contributed by atoms with van der Waals surface area (Å²) in [6.07, 6.45) is -2.06. The summed E-state index contributed by atoms with van der Waals surface area (Å²) in [7, 11) is 0. The second-order valence-corrected chi connectivity index (χ2v) is 5.94. The van der Waals surface area contributed by atoms with Crippen molar-refractivity contribution < 1.29 is 22.7 Å². The number of hydrogen-bond donors (Lipinski definition) is 2. The standard InChI is InChI=1S/C17H23F3N2O2/c1-2-13(11-22-16(23)10-12-6-5-9-21-12)24-15-8-4-3-7-14(15)17(18,19)20/h3-4,7-8,12-13,21H,2,5-6,9-11H2,1H3,(H,22,23). The fourth-order valence-corrected chi connectivity index (χ4v) is 2.71. The number of carbonyl (C=O) groups is 1. The molecule has 0 radical (unpaired) electrons. The highest BCUT2D eigenvalue weighted by Gasteiger charge is 2.34. The Morgan fingerprint density at radius 3 is 2.79 bits per heavy atom. The molecule has 0 aliphatic carbocycles. The maximum Gasteiger partial charge on any atom is 0.419 e. The molecule has 1 aromatic rings. The molecule has 4 nitrogen and oxygen atoms in total. The van der Waals surface area contributed by atoms with E-state index >= 15 is 0 Å². The predicted octanol–water partition coefficient (Wildman–Crippen LogP) is 3.12. The Kier molecular flexibility index (Phi) is 6.48. The number of nitrogens with one attached hydrogen (secondary N) is 2. The third-order valence-corrected chi connectivity index (χ3v) is 4.06. The van der Waals surface area contributed by atoms with Crippen molar-refractivity contribution in [2.24, 2.45) is 0 Å². The zero-order valence-electron chi connectivity index (χ0n) is 13.7. The normalized spacial score (nSPS) is 19.1. The van der Waals surface area contributed by atoms with Crippen molar-refractivity contribution in [3.8, 4) is 5.75 Å². The van der Waals surface area contributed by atoms with E-state index in [1.54, 1.807) is 0 Å². The monoisotopic (exact) mass is 344 g/mol. The number of alkyl halides is 3. The van der Waals surface area contributed by atoms with Gasteiger partial charge < -0.3 is 15.4 Å². The smallest absolute Gasteiger partial charge is 0.419 e. The first-order chi connectivity index (χ1) is 11.4. The van der Waals surface area contributed by atoms with Crippen LogP contribution in [0, 0.1) is 0 Å². The van der Waals surface area contributed by atoms with Crippen LogP contribution in [0.25, 0.3) is 0 Å². The van der Waals surface area contributed by atoms with Gasteiger partial charge in [0.05, 0.1) is 12.1 Å². The lowest BCUT2D eigenvalue weighted by atomic mass is 10.1. The molecule has 1 fully saturated rings. The Morgan fingerprint density at radius 2 is 2.17 bits per heavy atom. The maximum absolute atomic E-state index is 13.0. The van der Waals surface area contributed by atoms with Gasteiger partial charge in [0.25, 0.3) is 0 Å². The lowest BCUT2D eigenvalue weighted by Crippen LogP contribution is -2.38. The highest BCUT2D eigenvalue weighted by Crippen LogP contribution is 2.36. The van der Waals surface area contributed by atoms with E-state index in [2.05, 4.69) is 10.6 Å². The van der Waals surface area contributed by atoms with Crippen LogP contribution in [-0.2, 0) is 11.0 Å². The van der Waals surface area contributed by atoms with E-state index in [0.29, 0.717) is 12.8 Å². The molecule has 2 atom stereocenters. The molecule has 2 N–H and O–H groups in total. The van der Waals surface area contributed by atoms with Gasteiger partial charge in [-0.15, -0.1) is 0 Å². The molecule has 134 valence electrons. The Labute approximate surface area is 139 Å². The van der Waals surface area contributed by atoms with Crippen molar-refractivity contribution in [1.29, 1.82) is 0 Å². The quantitative estimate of drug-likeness (QED) is 0.799. The van der Waals surface area contributed by atoms with E-state index in [9.17, 15) is 18.0 Å². The summed E-state index contributed by atoms with van der Waals surface area (Å²) in [6.45, 7) is 2.92. The molecule has 0 aromatic heterocycles. The first kappa shape index (κ1) is 18.6. The molecule has 24 heavy (non-hydrogen) atoms. The molecule has 1 amide bonds. The molecule has 1 heterocycles. The largest absolute Gasteiger partial charge is 0.488 e. The summed E-state index contributed by atoms with van der Waals surface area (Å²) in [4.78, 5) is 11.9. The molecule has 0 saturated carbocycles. The van der Waals surface area contributed by atoms with Crippen molar-refractivity contribution >= 4 is 5.91 Å². The summed E-state index contributed by atoms with van der Waals surface area (Å²) in [5.41, 5.74) is -0.801. The Morgan fingerprint density at radius 1 is 1.42 bits per heavy atom. The minimum absolute atomic E-state index is 0.111. The van der Waals surface area contributed by atoms with Gasteiger partial charge in [-0.3, -0.25) is 4.79 Å². The maximum atomic E-state index is 13.0. The second-order valence-electron chi connectivity index (χ2n) is 5.94. The van der Waals surface area contributed by atoms with E-state index in [0.717, 1.165) is 25.5 Å². The molecular formula is C17H23F3N2O2. The van der Waals surface area contributed by atoms with Crippen LogP contribution in [0.5, 0.6) is 5.75 Å². The average molecular weight is 344 g/mol. The summed E-state index contributed by atoms with van der Waals surface area (Å²) in [6, 6.07) is 5.31. The minimum Gasteiger partial charge on any atom is -0.488 e. The molecule has 2 unspecified atom stereocenters. The minimum atomic E-state index is -4.47. The molecule has 0 spiro atoms. The van der Waals surface area contributed by atoms with E-state index in [-0.39, 0.29) is 24.2 Å². The van der Waals surface area contributed by atoms with E-state index < -0.39 is 17.8 Å². The predicted molar refractivity (Wildman–Crippen MR) is 84.8 cm³/mol. The lowest BCUT2D eigenvalue weighted by molar-refractivity contribution is -0.139. The summed E-state index contributed by atoms with van der Waals surface area (Å²) in [5.74, 6) is -0.316. The topological polar surface area (TPSA) is 50.4 Å². The zero-order chi connectivity index (χ0) is 17.6. The van der Waals surface area contributed by atoms with Crippen molar-refractivity contribution in [3.05, 3.63) is 29.8 Å². The van der Waals surface area contributed by atoms with Gasteiger partial charge >= 0.3 is 6.18 Å². The van der Waals surface area contributed by atoms with Crippen LogP contribution in [0.4, 0.5) is 13.2 Å². The Balaban J connectivity index is 1.89. The highest BCUT2D eigenvalue weighted by atomic mass is 19.4. The molecule has 7 heteroatoms. The van der Waals surface area contributed by atoms with E-state index in [4.69, 9.17) is 4.74 Å². The van der Waals surface area contributed by atoms with Gasteiger partial charge in [0.15, 0.2) is 0 Å².